The summed E-state index contributed by atoms with van der Waals surface area (Å²) < 4.78 is 29.0. The standard InChI is InChI=1S/C17H14F2N2/c1-11-3-6-14(7-4-11)21-10-20-12(2)17(21)15-8-5-13(18)9-16(15)19/h3-10H,1-2H3. The van der Waals surface area contributed by atoms with Crippen molar-refractivity contribution in [3.63, 3.8) is 0 Å². The summed E-state index contributed by atoms with van der Waals surface area (Å²) in [4.78, 5) is 4.26. The lowest BCUT2D eigenvalue weighted by molar-refractivity contribution is 0.585. The van der Waals surface area contributed by atoms with Crippen LogP contribution in [0.5, 0.6) is 0 Å². The molecule has 0 spiro atoms. The number of aryl methyl sites for hydroxylation is 2. The number of hydrogen-bond donors (Lipinski definition) is 0. The van der Waals surface area contributed by atoms with E-state index in [4.69, 9.17) is 0 Å². The molecule has 3 rings (SSSR count). The van der Waals surface area contributed by atoms with Gasteiger partial charge in [-0.1, -0.05) is 17.7 Å². The first kappa shape index (κ1) is 13.5. The highest BCUT2D eigenvalue weighted by molar-refractivity contribution is 5.65. The largest absolute Gasteiger partial charge is 0.299 e. The van der Waals surface area contributed by atoms with Crippen LogP contribution < -0.4 is 0 Å². The first-order chi connectivity index (χ1) is 10.1. The third-order valence-corrected chi connectivity index (χ3v) is 3.45. The van der Waals surface area contributed by atoms with E-state index in [1.807, 2.05) is 42.7 Å². The summed E-state index contributed by atoms with van der Waals surface area (Å²) in [5.41, 5.74) is 3.70. The van der Waals surface area contributed by atoms with Gasteiger partial charge in [-0.3, -0.25) is 4.57 Å². The van der Waals surface area contributed by atoms with Crippen LogP contribution in [0.3, 0.4) is 0 Å². The molecule has 0 bridgehead atoms. The second kappa shape index (κ2) is 5.13. The van der Waals surface area contributed by atoms with Crippen molar-refractivity contribution in [3.8, 4) is 16.9 Å². The van der Waals surface area contributed by atoms with Crippen molar-refractivity contribution in [2.24, 2.45) is 0 Å². The van der Waals surface area contributed by atoms with Gasteiger partial charge >= 0.3 is 0 Å². The molecule has 4 heteroatoms. The quantitative estimate of drug-likeness (QED) is 0.680. The maximum absolute atomic E-state index is 14.1. The Morgan fingerprint density at radius 3 is 2.33 bits per heavy atom. The van der Waals surface area contributed by atoms with Gasteiger partial charge in [0.2, 0.25) is 0 Å². The molecule has 0 unspecified atom stereocenters. The minimum atomic E-state index is -0.591. The normalized spacial score (nSPS) is 10.9. The Kier molecular flexibility index (Phi) is 3.29. The molecule has 0 N–H and O–H groups in total. The van der Waals surface area contributed by atoms with Crippen LogP contribution >= 0.6 is 0 Å². The number of halogens is 2. The molecular formula is C17H14F2N2. The molecule has 2 aromatic carbocycles. The Morgan fingerprint density at radius 1 is 0.952 bits per heavy atom. The van der Waals surface area contributed by atoms with E-state index in [1.165, 1.54) is 12.1 Å². The van der Waals surface area contributed by atoms with Gasteiger partial charge in [0, 0.05) is 17.3 Å². The Bertz CT molecular complexity index is 789. The van der Waals surface area contributed by atoms with E-state index in [0.29, 0.717) is 17.0 Å². The molecule has 21 heavy (non-hydrogen) atoms. The van der Waals surface area contributed by atoms with Gasteiger partial charge in [0.05, 0.1) is 17.7 Å². The van der Waals surface area contributed by atoms with Crippen LogP contribution in [-0.2, 0) is 0 Å². The van der Waals surface area contributed by atoms with Gasteiger partial charge in [0.25, 0.3) is 0 Å². The Balaban J connectivity index is 2.19. The Morgan fingerprint density at radius 2 is 1.67 bits per heavy atom. The van der Waals surface area contributed by atoms with Crippen LogP contribution in [0.1, 0.15) is 11.3 Å². The van der Waals surface area contributed by atoms with Crippen molar-refractivity contribution in [1.29, 1.82) is 0 Å². The molecule has 106 valence electrons. The van der Waals surface area contributed by atoms with Crippen molar-refractivity contribution in [1.82, 2.24) is 9.55 Å². The highest BCUT2D eigenvalue weighted by atomic mass is 19.1. The van der Waals surface area contributed by atoms with E-state index in [1.54, 1.807) is 6.33 Å². The van der Waals surface area contributed by atoms with Gasteiger partial charge in [0.15, 0.2) is 0 Å². The summed E-state index contributed by atoms with van der Waals surface area (Å²) in [6.45, 7) is 3.81. The molecule has 0 radical (unpaired) electrons. The van der Waals surface area contributed by atoms with Crippen LogP contribution in [0, 0.1) is 25.5 Å². The molecular weight excluding hydrogens is 270 g/mol. The molecule has 0 amide bonds. The van der Waals surface area contributed by atoms with Gasteiger partial charge in [-0.2, -0.15) is 0 Å². The Labute approximate surface area is 121 Å². The van der Waals surface area contributed by atoms with Crippen molar-refractivity contribution in [2.75, 3.05) is 0 Å². The number of nitrogens with zero attached hydrogens (tertiary/aromatic N) is 2. The van der Waals surface area contributed by atoms with E-state index in [2.05, 4.69) is 4.98 Å². The third kappa shape index (κ3) is 2.44. The minimum absolute atomic E-state index is 0.340. The zero-order chi connectivity index (χ0) is 15.0. The molecule has 1 heterocycles. The van der Waals surface area contributed by atoms with Crippen LogP contribution in [-0.4, -0.2) is 9.55 Å². The molecule has 0 saturated carbocycles. The summed E-state index contributed by atoms with van der Waals surface area (Å²) in [5, 5.41) is 0. The van der Waals surface area contributed by atoms with Crippen LogP contribution in [0.15, 0.2) is 48.8 Å². The molecule has 0 aliphatic heterocycles. The van der Waals surface area contributed by atoms with Gasteiger partial charge in [0.1, 0.15) is 11.6 Å². The fourth-order valence-electron chi connectivity index (χ4n) is 2.34. The molecule has 0 fully saturated rings. The second-order valence-corrected chi connectivity index (χ2v) is 5.01. The fourth-order valence-corrected chi connectivity index (χ4v) is 2.34. The molecule has 3 aromatic rings. The smallest absolute Gasteiger partial charge is 0.135 e. The van der Waals surface area contributed by atoms with E-state index in [-0.39, 0.29) is 0 Å². The van der Waals surface area contributed by atoms with E-state index >= 15 is 0 Å². The first-order valence-electron chi connectivity index (χ1n) is 6.62. The average Bonchev–Trinajstić information content (AvgIpc) is 2.82. The lowest BCUT2D eigenvalue weighted by Gasteiger charge is -2.10. The zero-order valence-electron chi connectivity index (χ0n) is 11.8. The first-order valence-corrected chi connectivity index (χ1v) is 6.62. The summed E-state index contributed by atoms with van der Waals surface area (Å²) >= 11 is 0. The number of rotatable bonds is 2. The minimum Gasteiger partial charge on any atom is -0.299 e. The van der Waals surface area contributed by atoms with Gasteiger partial charge < -0.3 is 0 Å². The predicted octanol–water partition coefficient (Wildman–Crippen LogP) is 4.43. The third-order valence-electron chi connectivity index (χ3n) is 3.45. The SMILES string of the molecule is Cc1ccc(-n2cnc(C)c2-c2ccc(F)cc2F)cc1. The van der Waals surface area contributed by atoms with Gasteiger partial charge in [-0.25, -0.2) is 13.8 Å². The maximum Gasteiger partial charge on any atom is 0.135 e. The summed E-state index contributed by atoms with van der Waals surface area (Å²) in [6, 6.07) is 11.4. The lowest BCUT2D eigenvalue weighted by Crippen LogP contribution is -1.98. The summed E-state index contributed by atoms with van der Waals surface area (Å²) in [5.74, 6) is -1.18. The van der Waals surface area contributed by atoms with Crippen molar-refractivity contribution in [3.05, 3.63) is 71.7 Å². The number of aromatic nitrogens is 2. The van der Waals surface area contributed by atoms with E-state index in [0.717, 1.165) is 17.3 Å². The summed E-state index contributed by atoms with van der Waals surface area (Å²) in [7, 11) is 0. The summed E-state index contributed by atoms with van der Waals surface area (Å²) in [6.07, 6.45) is 1.65. The Hall–Kier alpha value is -2.49. The average molecular weight is 284 g/mol. The monoisotopic (exact) mass is 284 g/mol. The fraction of sp³-hybridized carbons (Fsp3) is 0.118. The lowest BCUT2D eigenvalue weighted by atomic mass is 10.1. The maximum atomic E-state index is 14.1. The van der Waals surface area contributed by atoms with Crippen LogP contribution in [0.2, 0.25) is 0 Å². The van der Waals surface area contributed by atoms with Crippen LogP contribution in [0.4, 0.5) is 8.78 Å². The zero-order valence-corrected chi connectivity index (χ0v) is 11.8. The van der Waals surface area contributed by atoms with Crippen molar-refractivity contribution < 1.29 is 8.78 Å². The van der Waals surface area contributed by atoms with E-state index < -0.39 is 11.6 Å². The second-order valence-electron chi connectivity index (χ2n) is 5.01. The van der Waals surface area contributed by atoms with Crippen LogP contribution in [0.25, 0.3) is 16.9 Å². The molecule has 2 nitrogen and oxygen atoms in total. The molecule has 0 aliphatic carbocycles. The molecule has 1 aromatic heterocycles. The number of imidazole rings is 1. The van der Waals surface area contributed by atoms with Crippen molar-refractivity contribution >= 4 is 0 Å². The van der Waals surface area contributed by atoms with Gasteiger partial charge in [-0.05, 0) is 38.1 Å². The predicted molar refractivity (Wildman–Crippen MR) is 78.4 cm³/mol. The number of hydrogen-bond acceptors (Lipinski definition) is 1. The molecule has 0 saturated heterocycles. The topological polar surface area (TPSA) is 17.8 Å². The molecule has 0 aliphatic rings. The van der Waals surface area contributed by atoms with Crippen molar-refractivity contribution in [2.45, 2.75) is 13.8 Å². The van der Waals surface area contributed by atoms with Gasteiger partial charge in [-0.15, -0.1) is 0 Å². The highest BCUT2D eigenvalue weighted by Crippen LogP contribution is 2.28. The highest BCUT2D eigenvalue weighted by Gasteiger charge is 2.15. The number of benzene rings is 2. The van der Waals surface area contributed by atoms with E-state index in [9.17, 15) is 8.78 Å². The molecule has 0 atom stereocenters.